The van der Waals surface area contributed by atoms with Gasteiger partial charge >= 0.3 is 6.43 Å². The number of hydrogen-bond donors (Lipinski definition) is 0. The number of halogens is 4. The summed E-state index contributed by atoms with van der Waals surface area (Å²) in [6, 6.07) is 4.37. The van der Waals surface area contributed by atoms with Gasteiger partial charge in [-0.2, -0.15) is 8.78 Å². The van der Waals surface area contributed by atoms with E-state index in [-0.39, 0.29) is 17.1 Å². The Kier molecular flexibility index (Phi) is 4.59. The summed E-state index contributed by atoms with van der Waals surface area (Å²) in [5, 5.41) is 7.38. The van der Waals surface area contributed by atoms with Crippen molar-refractivity contribution in [2.75, 3.05) is 0 Å². The van der Waals surface area contributed by atoms with E-state index in [2.05, 4.69) is 20.2 Å². The van der Waals surface area contributed by atoms with Gasteiger partial charge in [-0.25, -0.2) is 14.4 Å². The van der Waals surface area contributed by atoms with E-state index in [0.29, 0.717) is 22.8 Å². The van der Waals surface area contributed by atoms with Crippen molar-refractivity contribution in [1.29, 1.82) is 0 Å². The fourth-order valence-corrected chi connectivity index (χ4v) is 3.67. The predicted molar refractivity (Wildman–Crippen MR) is 90.9 cm³/mol. The van der Waals surface area contributed by atoms with Crippen LogP contribution in [-0.2, 0) is 11.8 Å². The Morgan fingerprint density at radius 3 is 2.48 bits per heavy atom. The van der Waals surface area contributed by atoms with Crippen molar-refractivity contribution in [3.63, 3.8) is 0 Å². The van der Waals surface area contributed by atoms with Crippen LogP contribution in [0, 0.1) is 5.82 Å². The van der Waals surface area contributed by atoms with E-state index in [1.165, 1.54) is 24.5 Å². The summed E-state index contributed by atoms with van der Waals surface area (Å²) in [6.07, 6.45) is 3.31. The summed E-state index contributed by atoms with van der Waals surface area (Å²) >= 11 is 6.30. The van der Waals surface area contributed by atoms with Crippen LogP contribution < -0.4 is 0 Å². The normalized spacial score (nSPS) is 15.7. The minimum absolute atomic E-state index is 0.0663. The van der Waals surface area contributed by atoms with Gasteiger partial charge in [-0.3, -0.25) is 0 Å². The zero-order chi connectivity index (χ0) is 19.0. The summed E-state index contributed by atoms with van der Waals surface area (Å²) in [5.74, 6) is -0.595. The van der Waals surface area contributed by atoms with Crippen LogP contribution in [0.3, 0.4) is 0 Å². The van der Waals surface area contributed by atoms with E-state index < -0.39 is 12.3 Å². The molecule has 0 unspecified atom stereocenters. The highest BCUT2D eigenvalue weighted by molar-refractivity contribution is 6.31. The molecule has 140 valence electrons. The molecule has 5 nitrogen and oxygen atoms in total. The Morgan fingerprint density at radius 1 is 1.15 bits per heavy atom. The van der Waals surface area contributed by atoms with Gasteiger partial charge in [0.2, 0.25) is 0 Å². The van der Waals surface area contributed by atoms with Crippen molar-refractivity contribution < 1.29 is 17.6 Å². The van der Waals surface area contributed by atoms with Crippen LogP contribution in [0.1, 0.15) is 43.0 Å². The van der Waals surface area contributed by atoms with Crippen LogP contribution in [0.4, 0.5) is 13.2 Å². The summed E-state index contributed by atoms with van der Waals surface area (Å²) in [6.45, 7) is 0. The lowest BCUT2D eigenvalue weighted by molar-refractivity contribution is 0.116. The molecule has 0 amide bonds. The van der Waals surface area contributed by atoms with Crippen molar-refractivity contribution in [1.82, 2.24) is 20.2 Å². The molecular formula is C18H14ClF3N4O. The highest BCUT2D eigenvalue weighted by Crippen LogP contribution is 2.48. The molecule has 0 saturated heterocycles. The topological polar surface area (TPSA) is 64.7 Å². The molecule has 1 fully saturated rings. The first-order valence-corrected chi connectivity index (χ1v) is 8.73. The number of benzene rings is 1. The first-order valence-electron chi connectivity index (χ1n) is 8.35. The van der Waals surface area contributed by atoms with Crippen LogP contribution in [-0.4, -0.2) is 20.2 Å². The average Bonchev–Trinajstić information content (AvgIpc) is 3.11. The van der Waals surface area contributed by atoms with E-state index in [0.717, 1.165) is 24.8 Å². The quantitative estimate of drug-likeness (QED) is 0.614. The maximum atomic E-state index is 13.7. The van der Waals surface area contributed by atoms with Gasteiger partial charge in [0.1, 0.15) is 11.6 Å². The lowest BCUT2D eigenvalue weighted by atomic mass is 9.62. The third-order valence-electron chi connectivity index (χ3n) is 4.89. The molecule has 0 bridgehead atoms. The van der Waals surface area contributed by atoms with E-state index >= 15 is 0 Å². The first kappa shape index (κ1) is 17.9. The van der Waals surface area contributed by atoms with Crippen LogP contribution in [0.5, 0.6) is 0 Å². The summed E-state index contributed by atoms with van der Waals surface area (Å²) in [5.41, 5.74) is 0.819. The van der Waals surface area contributed by atoms with Gasteiger partial charge in [0.05, 0.1) is 5.56 Å². The largest absolute Gasteiger partial charge is 0.415 e. The average molecular weight is 395 g/mol. The van der Waals surface area contributed by atoms with Crippen LogP contribution in [0.2, 0.25) is 5.02 Å². The third-order valence-corrected chi connectivity index (χ3v) is 5.22. The monoisotopic (exact) mass is 394 g/mol. The van der Waals surface area contributed by atoms with Crippen molar-refractivity contribution >= 4 is 11.6 Å². The summed E-state index contributed by atoms with van der Waals surface area (Å²) in [7, 11) is 0. The zero-order valence-corrected chi connectivity index (χ0v) is 14.8. The maximum absolute atomic E-state index is 13.7. The van der Waals surface area contributed by atoms with Gasteiger partial charge in [0.15, 0.2) is 0 Å². The van der Waals surface area contributed by atoms with Gasteiger partial charge in [-0.05, 0) is 36.6 Å². The fraction of sp³-hybridized carbons (Fsp3) is 0.333. The standard InChI is InChI=1S/C18H14ClF3N4O/c19-13-3-2-11(20)6-12(13)18(4-1-5-18)7-14-23-8-10(9-24-14)16-25-26-17(27-16)15(21)22/h2-3,6,8-9,15H,1,4-5,7H2. The molecule has 0 radical (unpaired) electrons. The second-order valence-electron chi connectivity index (χ2n) is 6.57. The molecule has 0 N–H and O–H groups in total. The minimum Gasteiger partial charge on any atom is -0.415 e. The van der Waals surface area contributed by atoms with E-state index in [1.807, 2.05) is 0 Å². The SMILES string of the molecule is Fc1ccc(Cl)c(C2(Cc3ncc(-c4nnc(C(F)F)o4)cn3)CCC2)c1. The highest BCUT2D eigenvalue weighted by Gasteiger charge is 2.41. The molecule has 4 rings (SSSR count). The molecule has 3 aromatic rings. The van der Waals surface area contributed by atoms with Gasteiger partial charge in [0, 0.05) is 29.3 Å². The minimum atomic E-state index is -2.83. The molecule has 27 heavy (non-hydrogen) atoms. The maximum Gasteiger partial charge on any atom is 0.314 e. The lowest BCUT2D eigenvalue weighted by Crippen LogP contribution is -2.37. The highest BCUT2D eigenvalue weighted by atomic mass is 35.5. The number of rotatable bonds is 5. The van der Waals surface area contributed by atoms with Crippen LogP contribution in [0.15, 0.2) is 35.0 Å². The van der Waals surface area contributed by atoms with Crippen LogP contribution >= 0.6 is 11.6 Å². The number of alkyl halides is 2. The van der Waals surface area contributed by atoms with Crippen molar-refractivity contribution in [2.24, 2.45) is 0 Å². The second-order valence-corrected chi connectivity index (χ2v) is 6.98. The number of hydrogen-bond acceptors (Lipinski definition) is 5. The Morgan fingerprint density at radius 2 is 1.89 bits per heavy atom. The molecule has 1 aromatic carbocycles. The molecule has 2 heterocycles. The van der Waals surface area contributed by atoms with E-state index in [4.69, 9.17) is 16.0 Å². The summed E-state index contributed by atoms with van der Waals surface area (Å²) in [4.78, 5) is 8.58. The van der Waals surface area contributed by atoms with Gasteiger partial charge in [-0.1, -0.05) is 18.0 Å². The van der Waals surface area contributed by atoms with E-state index in [9.17, 15) is 13.2 Å². The molecule has 0 aliphatic heterocycles. The zero-order valence-electron chi connectivity index (χ0n) is 14.0. The molecule has 1 saturated carbocycles. The van der Waals surface area contributed by atoms with Crippen molar-refractivity contribution in [3.05, 3.63) is 58.7 Å². The predicted octanol–water partition coefficient (Wildman–Crippen LogP) is 4.92. The number of aromatic nitrogens is 4. The third kappa shape index (κ3) is 3.41. The number of nitrogens with zero attached hydrogens (tertiary/aromatic N) is 4. The summed E-state index contributed by atoms with van der Waals surface area (Å²) < 4.78 is 43.7. The molecular weight excluding hydrogens is 381 g/mol. The lowest BCUT2D eigenvalue weighted by Gasteiger charge is -2.42. The van der Waals surface area contributed by atoms with Gasteiger partial charge in [-0.15, -0.1) is 10.2 Å². The molecule has 9 heteroatoms. The molecule has 1 aliphatic carbocycles. The smallest absolute Gasteiger partial charge is 0.314 e. The van der Waals surface area contributed by atoms with Crippen molar-refractivity contribution in [2.45, 2.75) is 37.5 Å². The Hall–Kier alpha value is -2.48. The molecule has 0 spiro atoms. The van der Waals surface area contributed by atoms with Gasteiger partial charge in [0.25, 0.3) is 11.8 Å². The van der Waals surface area contributed by atoms with Crippen molar-refractivity contribution in [3.8, 4) is 11.5 Å². The van der Waals surface area contributed by atoms with Crippen LogP contribution in [0.25, 0.3) is 11.5 Å². The Labute approximate surface area is 157 Å². The Bertz CT molecular complexity index is 957. The first-order chi connectivity index (χ1) is 13.0. The molecule has 2 aromatic heterocycles. The Balaban J connectivity index is 1.57. The fourth-order valence-electron chi connectivity index (χ4n) is 3.35. The molecule has 1 aliphatic rings. The molecule has 0 atom stereocenters. The van der Waals surface area contributed by atoms with E-state index in [1.54, 1.807) is 6.07 Å². The van der Waals surface area contributed by atoms with Gasteiger partial charge < -0.3 is 4.42 Å². The second kappa shape index (κ2) is 6.92.